The van der Waals surface area contributed by atoms with Gasteiger partial charge in [0.1, 0.15) is 5.75 Å². The number of rotatable bonds is 5. The minimum absolute atomic E-state index is 0.173. The second-order valence-corrected chi connectivity index (χ2v) is 5.37. The standard InChI is InChI=1S/C16H21NO4/c1-21-14-9-5-2-6-11(14)10-17-15(18)12-7-3-4-8-13(12)16(19)20/h2,5-6,9,12-13H,3-4,7-8,10H2,1H3,(H,17,18)(H,19,20)/t12-,13-/m1/s1. The van der Waals surface area contributed by atoms with Gasteiger partial charge in [-0.15, -0.1) is 0 Å². The number of aliphatic carboxylic acids is 1. The van der Waals surface area contributed by atoms with Crippen molar-refractivity contribution in [2.45, 2.75) is 32.2 Å². The van der Waals surface area contributed by atoms with Gasteiger partial charge >= 0.3 is 5.97 Å². The van der Waals surface area contributed by atoms with E-state index in [4.69, 9.17) is 4.74 Å². The van der Waals surface area contributed by atoms with E-state index >= 15 is 0 Å². The van der Waals surface area contributed by atoms with Gasteiger partial charge in [-0.3, -0.25) is 9.59 Å². The lowest BCUT2D eigenvalue weighted by atomic mass is 9.78. The lowest BCUT2D eigenvalue weighted by molar-refractivity contribution is -0.148. The van der Waals surface area contributed by atoms with E-state index in [-0.39, 0.29) is 5.91 Å². The molecule has 21 heavy (non-hydrogen) atoms. The maximum absolute atomic E-state index is 12.3. The number of carboxylic acid groups (broad SMARTS) is 1. The number of carbonyl (C=O) groups is 2. The molecule has 1 aliphatic carbocycles. The van der Waals surface area contributed by atoms with Crippen molar-refractivity contribution in [3.05, 3.63) is 29.8 Å². The van der Waals surface area contributed by atoms with Crippen LogP contribution in [0.15, 0.2) is 24.3 Å². The van der Waals surface area contributed by atoms with Crippen LogP contribution in [0.1, 0.15) is 31.2 Å². The largest absolute Gasteiger partial charge is 0.496 e. The highest BCUT2D eigenvalue weighted by Gasteiger charge is 2.35. The number of hydrogen-bond acceptors (Lipinski definition) is 3. The number of hydrogen-bond donors (Lipinski definition) is 2. The van der Waals surface area contributed by atoms with Crippen molar-refractivity contribution < 1.29 is 19.4 Å². The molecule has 1 aromatic carbocycles. The normalized spacial score (nSPS) is 21.6. The Labute approximate surface area is 124 Å². The predicted octanol–water partition coefficient (Wildman–Crippen LogP) is 2.20. The first-order chi connectivity index (χ1) is 10.1. The van der Waals surface area contributed by atoms with Crippen molar-refractivity contribution in [1.29, 1.82) is 0 Å². The van der Waals surface area contributed by atoms with Crippen molar-refractivity contribution in [3.8, 4) is 5.75 Å². The smallest absolute Gasteiger partial charge is 0.307 e. The van der Waals surface area contributed by atoms with Gasteiger partial charge in [-0.25, -0.2) is 0 Å². The molecule has 0 aromatic heterocycles. The minimum atomic E-state index is -0.868. The van der Waals surface area contributed by atoms with Gasteiger partial charge in [-0.1, -0.05) is 31.0 Å². The number of nitrogens with one attached hydrogen (secondary N) is 1. The Morgan fingerprint density at radius 3 is 2.57 bits per heavy atom. The molecule has 2 N–H and O–H groups in total. The topological polar surface area (TPSA) is 75.6 Å². The summed E-state index contributed by atoms with van der Waals surface area (Å²) in [6.07, 6.45) is 3.03. The Morgan fingerprint density at radius 1 is 1.24 bits per heavy atom. The molecule has 0 saturated heterocycles. The summed E-state index contributed by atoms with van der Waals surface area (Å²) in [5.74, 6) is -1.31. The summed E-state index contributed by atoms with van der Waals surface area (Å²) < 4.78 is 5.24. The molecule has 114 valence electrons. The molecule has 1 fully saturated rings. The van der Waals surface area contributed by atoms with Gasteiger partial charge in [-0.05, 0) is 18.9 Å². The molecule has 0 bridgehead atoms. The van der Waals surface area contributed by atoms with E-state index in [1.807, 2.05) is 24.3 Å². The molecule has 5 heteroatoms. The summed E-state index contributed by atoms with van der Waals surface area (Å²) in [6.45, 7) is 0.353. The number of ether oxygens (including phenoxy) is 1. The highest BCUT2D eigenvalue weighted by Crippen LogP contribution is 2.30. The van der Waals surface area contributed by atoms with Crippen LogP contribution in [0, 0.1) is 11.8 Å². The van der Waals surface area contributed by atoms with Crippen LogP contribution in [0.5, 0.6) is 5.75 Å². The number of amides is 1. The number of methoxy groups -OCH3 is 1. The Bertz CT molecular complexity index is 515. The molecule has 1 saturated carbocycles. The molecule has 1 aromatic rings. The third kappa shape index (κ3) is 3.74. The monoisotopic (exact) mass is 291 g/mol. The van der Waals surface area contributed by atoms with Gasteiger partial charge in [0.05, 0.1) is 18.9 Å². The predicted molar refractivity (Wildman–Crippen MR) is 77.9 cm³/mol. The highest BCUT2D eigenvalue weighted by atomic mass is 16.5. The van der Waals surface area contributed by atoms with Crippen LogP contribution in [0.25, 0.3) is 0 Å². The zero-order chi connectivity index (χ0) is 15.2. The van der Waals surface area contributed by atoms with E-state index < -0.39 is 17.8 Å². The Morgan fingerprint density at radius 2 is 1.90 bits per heavy atom. The third-order valence-corrected chi connectivity index (χ3v) is 4.07. The molecule has 2 rings (SSSR count). The van der Waals surface area contributed by atoms with Crippen LogP contribution < -0.4 is 10.1 Å². The van der Waals surface area contributed by atoms with Gasteiger partial charge in [-0.2, -0.15) is 0 Å². The molecular weight excluding hydrogens is 270 g/mol. The SMILES string of the molecule is COc1ccccc1CNC(=O)[C@@H]1CCCC[C@H]1C(=O)O. The van der Waals surface area contributed by atoms with Crippen molar-refractivity contribution in [2.75, 3.05) is 7.11 Å². The van der Waals surface area contributed by atoms with E-state index in [9.17, 15) is 14.7 Å². The third-order valence-electron chi connectivity index (χ3n) is 4.07. The molecule has 0 aliphatic heterocycles. The highest BCUT2D eigenvalue weighted by molar-refractivity contribution is 5.84. The number of carboxylic acids is 1. The first kappa shape index (κ1) is 15.4. The maximum Gasteiger partial charge on any atom is 0.307 e. The van der Waals surface area contributed by atoms with Gasteiger partial charge in [0.15, 0.2) is 0 Å². The first-order valence-corrected chi connectivity index (χ1v) is 7.26. The fraction of sp³-hybridized carbons (Fsp3) is 0.500. The number of para-hydroxylation sites is 1. The van der Waals surface area contributed by atoms with Gasteiger partial charge in [0.2, 0.25) is 5.91 Å². The van der Waals surface area contributed by atoms with Gasteiger partial charge in [0.25, 0.3) is 0 Å². The van der Waals surface area contributed by atoms with E-state index in [0.29, 0.717) is 19.4 Å². The van der Waals surface area contributed by atoms with E-state index in [0.717, 1.165) is 24.2 Å². The zero-order valence-electron chi connectivity index (χ0n) is 12.2. The molecular formula is C16H21NO4. The molecule has 5 nitrogen and oxygen atoms in total. The second-order valence-electron chi connectivity index (χ2n) is 5.37. The summed E-state index contributed by atoms with van der Waals surface area (Å²) in [7, 11) is 1.59. The maximum atomic E-state index is 12.3. The fourth-order valence-electron chi connectivity index (χ4n) is 2.90. The van der Waals surface area contributed by atoms with Crippen LogP contribution >= 0.6 is 0 Å². The van der Waals surface area contributed by atoms with Crippen LogP contribution in [-0.4, -0.2) is 24.1 Å². The summed E-state index contributed by atoms with van der Waals surface area (Å²) in [6, 6.07) is 7.47. The Balaban J connectivity index is 1.99. The summed E-state index contributed by atoms with van der Waals surface area (Å²) >= 11 is 0. The molecule has 0 radical (unpaired) electrons. The second kappa shape index (κ2) is 7.11. The van der Waals surface area contributed by atoms with E-state index in [1.54, 1.807) is 7.11 Å². The lowest BCUT2D eigenvalue weighted by Gasteiger charge is -2.27. The molecule has 0 heterocycles. The van der Waals surface area contributed by atoms with Crippen LogP contribution in [-0.2, 0) is 16.1 Å². The van der Waals surface area contributed by atoms with Crippen molar-refractivity contribution in [3.63, 3.8) is 0 Å². The van der Waals surface area contributed by atoms with E-state index in [1.165, 1.54) is 0 Å². The summed E-state index contributed by atoms with van der Waals surface area (Å²) in [5, 5.41) is 12.1. The minimum Gasteiger partial charge on any atom is -0.496 e. The van der Waals surface area contributed by atoms with Gasteiger partial charge < -0.3 is 15.2 Å². The van der Waals surface area contributed by atoms with Crippen LogP contribution in [0.3, 0.4) is 0 Å². The van der Waals surface area contributed by atoms with Gasteiger partial charge in [0, 0.05) is 12.1 Å². The fourth-order valence-corrected chi connectivity index (χ4v) is 2.90. The number of carbonyl (C=O) groups excluding carboxylic acids is 1. The molecule has 1 amide bonds. The zero-order valence-corrected chi connectivity index (χ0v) is 12.2. The Hall–Kier alpha value is -2.04. The summed E-state index contributed by atoms with van der Waals surface area (Å²) in [4.78, 5) is 23.5. The molecule has 0 unspecified atom stereocenters. The average Bonchev–Trinajstić information content (AvgIpc) is 2.52. The quantitative estimate of drug-likeness (QED) is 0.872. The van der Waals surface area contributed by atoms with Crippen molar-refractivity contribution in [1.82, 2.24) is 5.32 Å². The van der Waals surface area contributed by atoms with E-state index in [2.05, 4.69) is 5.32 Å². The molecule has 1 aliphatic rings. The van der Waals surface area contributed by atoms with Crippen molar-refractivity contribution >= 4 is 11.9 Å². The first-order valence-electron chi connectivity index (χ1n) is 7.26. The molecule has 0 spiro atoms. The van der Waals surface area contributed by atoms with Crippen LogP contribution in [0.4, 0.5) is 0 Å². The summed E-state index contributed by atoms with van der Waals surface area (Å²) in [5.41, 5.74) is 0.885. The van der Waals surface area contributed by atoms with Crippen LogP contribution in [0.2, 0.25) is 0 Å². The average molecular weight is 291 g/mol. The lowest BCUT2D eigenvalue weighted by Crippen LogP contribution is -2.39. The molecule has 2 atom stereocenters. The van der Waals surface area contributed by atoms with Crippen molar-refractivity contribution in [2.24, 2.45) is 11.8 Å². The Kier molecular flexibility index (Phi) is 5.20. The number of benzene rings is 1.